The first-order valence-corrected chi connectivity index (χ1v) is 7.39. The van der Waals surface area contributed by atoms with Gasteiger partial charge in [-0.15, -0.1) is 11.3 Å². The van der Waals surface area contributed by atoms with Crippen LogP contribution in [0.3, 0.4) is 0 Å². The van der Waals surface area contributed by atoms with Crippen molar-refractivity contribution in [2.75, 3.05) is 0 Å². The number of rotatable bonds is 0. The SMILES string of the molecule is O=C1c2c(F)ccc(F)c2C(=O)c2c(Br)sc(Br)c21. The third-order valence-electron chi connectivity index (χ3n) is 2.83. The highest BCUT2D eigenvalue weighted by molar-refractivity contribution is 9.12. The second-order valence-corrected chi connectivity index (χ2v) is 7.49. The van der Waals surface area contributed by atoms with Gasteiger partial charge in [0.2, 0.25) is 0 Å². The summed E-state index contributed by atoms with van der Waals surface area (Å²) in [4.78, 5) is 24.5. The third kappa shape index (κ3) is 1.68. The average Bonchev–Trinajstić information content (AvgIpc) is 2.65. The summed E-state index contributed by atoms with van der Waals surface area (Å²) in [6.07, 6.45) is 0. The molecule has 0 radical (unpaired) electrons. The molecule has 0 saturated carbocycles. The van der Waals surface area contributed by atoms with Crippen molar-refractivity contribution in [2.24, 2.45) is 0 Å². The number of thiophene rings is 1. The number of carbonyl (C=O) groups is 2. The Morgan fingerprint density at radius 2 is 1.16 bits per heavy atom. The molecular formula is C12H2Br2F2O2S. The zero-order chi connectivity index (χ0) is 13.9. The summed E-state index contributed by atoms with van der Waals surface area (Å²) in [6, 6.07) is 1.69. The van der Waals surface area contributed by atoms with Gasteiger partial charge >= 0.3 is 0 Å². The monoisotopic (exact) mass is 406 g/mol. The fourth-order valence-corrected chi connectivity index (χ4v) is 5.16. The molecule has 1 heterocycles. The first-order valence-electron chi connectivity index (χ1n) is 4.98. The van der Waals surface area contributed by atoms with E-state index in [2.05, 4.69) is 31.9 Å². The molecule has 0 aliphatic heterocycles. The molecule has 0 atom stereocenters. The van der Waals surface area contributed by atoms with Crippen LogP contribution < -0.4 is 0 Å². The predicted molar refractivity (Wildman–Crippen MR) is 72.9 cm³/mol. The number of hydrogen-bond donors (Lipinski definition) is 0. The lowest BCUT2D eigenvalue weighted by atomic mass is 9.86. The first-order chi connectivity index (χ1) is 8.93. The zero-order valence-corrected chi connectivity index (χ0v) is 12.9. The molecule has 0 bridgehead atoms. The fourth-order valence-electron chi connectivity index (χ4n) is 2.03. The van der Waals surface area contributed by atoms with Gasteiger partial charge in [0, 0.05) is 0 Å². The number of halogens is 4. The molecule has 1 aliphatic rings. The summed E-state index contributed by atoms with van der Waals surface area (Å²) in [5, 5.41) is 0. The summed E-state index contributed by atoms with van der Waals surface area (Å²) in [5.74, 6) is -3.16. The van der Waals surface area contributed by atoms with E-state index >= 15 is 0 Å². The van der Waals surface area contributed by atoms with Crippen molar-refractivity contribution < 1.29 is 18.4 Å². The maximum atomic E-state index is 13.7. The topological polar surface area (TPSA) is 34.1 Å². The van der Waals surface area contributed by atoms with Crippen molar-refractivity contribution in [1.29, 1.82) is 0 Å². The van der Waals surface area contributed by atoms with E-state index in [0.717, 1.165) is 23.5 Å². The van der Waals surface area contributed by atoms with E-state index in [1.807, 2.05) is 0 Å². The molecule has 1 aromatic heterocycles. The Labute approximate surface area is 126 Å². The maximum Gasteiger partial charge on any atom is 0.199 e. The van der Waals surface area contributed by atoms with Gasteiger partial charge in [-0.05, 0) is 44.0 Å². The predicted octanol–water partition coefficient (Wildman–Crippen LogP) is 4.33. The maximum absolute atomic E-state index is 13.7. The molecule has 96 valence electrons. The molecule has 0 amide bonds. The normalized spacial score (nSPS) is 13.5. The lowest BCUT2D eigenvalue weighted by Crippen LogP contribution is -2.23. The second-order valence-electron chi connectivity index (χ2n) is 3.84. The van der Waals surface area contributed by atoms with Gasteiger partial charge in [0.15, 0.2) is 11.6 Å². The Hall–Kier alpha value is -0.920. The first kappa shape index (κ1) is 13.1. The Bertz CT molecular complexity index is 706. The molecule has 2 aromatic rings. The minimum atomic E-state index is -0.894. The summed E-state index contributed by atoms with van der Waals surface area (Å²) in [7, 11) is 0. The van der Waals surface area contributed by atoms with E-state index in [-0.39, 0.29) is 11.1 Å². The van der Waals surface area contributed by atoms with Crippen molar-refractivity contribution in [3.05, 3.63) is 53.6 Å². The standard InChI is InChI=1S/C12H2Br2F2O2S/c13-11-7-8(12(14)19-11)10(18)6-4(16)2-1-3(15)5(6)9(7)17/h1-2H. The Morgan fingerprint density at radius 3 is 1.53 bits per heavy atom. The zero-order valence-electron chi connectivity index (χ0n) is 8.89. The van der Waals surface area contributed by atoms with E-state index < -0.39 is 34.3 Å². The molecule has 0 saturated heterocycles. The van der Waals surface area contributed by atoms with E-state index in [1.54, 1.807) is 0 Å². The number of carbonyl (C=O) groups excluding carboxylic acids is 2. The minimum absolute atomic E-state index is 0.0823. The Morgan fingerprint density at radius 1 is 0.789 bits per heavy atom. The van der Waals surface area contributed by atoms with Crippen molar-refractivity contribution in [3.8, 4) is 0 Å². The molecule has 7 heteroatoms. The van der Waals surface area contributed by atoms with Crippen LogP contribution in [0.4, 0.5) is 8.78 Å². The van der Waals surface area contributed by atoms with Gasteiger partial charge in [-0.25, -0.2) is 8.78 Å². The number of fused-ring (bicyclic) bond motifs is 2. The molecule has 0 unspecified atom stereocenters. The molecule has 1 aliphatic carbocycles. The van der Waals surface area contributed by atoms with Crippen molar-refractivity contribution in [3.63, 3.8) is 0 Å². The number of ketones is 2. The lowest BCUT2D eigenvalue weighted by Gasteiger charge is -2.16. The van der Waals surface area contributed by atoms with Crippen LogP contribution >= 0.6 is 43.2 Å². The lowest BCUT2D eigenvalue weighted by molar-refractivity contribution is 0.0972. The van der Waals surface area contributed by atoms with Crippen LogP contribution in [0, 0.1) is 11.6 Å². The van der Waals surface area contributed by atoms with Gasteiger partial charge in [0.1, 0.15) is 11.6 Å². The van der Waals surface area contributed by atoms with Crippen LogP contribution in [0.5, 0.6) is 0 Å². The molecule has 1 aromatic carbocycles. The third-order valence-corrected chi connectivity index (χ3v) is 5.37. The van der Waals surface area contributed by atoms with Gasteiger partial charge in [0.05, 0.1) is 29.8 Å². The highest BCUT2D eigenvalue weighted by atomic mass is 79.9. The van der Waals surface area contributed by atoms with E-state index in [0.29, 0.717) is 7.57 Å². The van der Waals surface area contributed by atoms with E-state index in [1.165, 1.54) is 0 Å². The van der Waals surface area contributed by atoms with E-state index in [9.17, 15) is 18.4 Å². The molecule has 0 spiro atoms. The summed E-state index contributed by atoms with van der Waals surface area (Å²) in [5.41, 5.74) is -0.829. The van der Waals surface area contributed by atoms with Gasteiger partial charge in [-0.1, -0.05) is 0 Å². The molecule has 0 fully saturated rings. The molecule has 19 heavy (non-hydrogen) atoms. The number of benzene rings is 1. The largest absolute Gasteiger partial charge is 0.288 e. The van der Waals surface area contributed by atoms with E-state index in [4.69, 9.17) is 0 Å². The fraction of sp³-hybridized carbons (Fsp3) is 0. The van der Waals surface area contributed by atoms with Crippen LogP contribution in [0.15, 0.2) is 19.7 Å². The highest BCUT2D eigenvalue weighted by Crippen LogP contribution is 2.43. The van der Waals surface area contributed by atoms with Crippen molar-refractivity contribution in [1.82, 2.24) is 0 Å². The van der Waals surface area contributed by atoms with Gasteiger partial charge < -0.3 is 0 Å². The van der Waals surface area contributed by atoms with Crippen LogP contribution in [-0.4, -0.2) is 11.6 Å². The van der Waals surface area contributed by atoms with Gasteiger partial charge in [-0.2, -0.15) is 0 Å². The van der Waals surface area contributed by atoms with Crippen molar-refractivity contribution >= 4 is 54.8 Å². The second kappa shape index (κ2) is 4.29. The molecule has 2 nitrogen and oxygen atoms in total. The molecular weight excluding hydrogens is 406 g/mol. The Kier molecular flexibility index (Phi) is 2.95. The quantitative estimate of drug-likeness (QED) is 0.555. The average molecular weight is 408 g/mol. The molecule has 0 N–H and O–H groups in total. The van der Waals surface area contributed by atoms with Crippen LogP contribution in [-0.2, 0) is 0 Å². The van der Waals surface area contributed by atoms with Crippen LogP contribution in [0.25, 0.3) is 0 Å². The van der Waals surface area contributed by atoms with Crippen LogP contribution in [0.1, 0.15) is 31.8 Å². The summed E-state index contributed by atoms with van der Waals surface area (Å²) >= 11 is 7.45. The molecule has 3 rings (SSSR count). The smallest absolute Gasteiger partial charge is 0.199 e. The minimum Gasteiger partial charge on any atom is -0.288 e. The number of hydrogen-bond acceptors (Lipinski definition) is 3. The van der Waals surface area contributed by atoms with Crippen molar-refractivity contribution in [2.45, 2.75) is 0 Å². The van der Waals surface area contributed by atoms with Crippen LogP contribution in [0.2, 0.25) is 0 Å². The summed E-state index contributed by atoms with van der Waals surface area (Å²) < 4.78 is 28.3. The van der Waals surface area contributed by atoms with Gasteiger partial charge in [0.25, 0.3) is 0 Å². The Balaban J connectivity index is 2.44. The summed E-state index contributed by atoms with van der Waals surface area (Å²) in [6.45, 7) is 0. The highest BCUT2D eigenvalue weighted by Gasteiger charge is 2.38. The van der Waals surface area contributed by atoms with Gasteiger partial charge in [-0.3, -0.25) is 9.59 Å².